The van der Waals surface area contributed by atoms with E-state index in [0.29, 0.717) is 0 Å². The molecule has 0 saturated heterocycles. The molecule has 0 radical (unpaired) electrons. The normalized spacial score (nSPS) is 18.2. The first-order chi connectivity index (χ1) is 8.70. The van der Waals surface area contributed by atoms with Crippen molar-refractivity contribution in [3.8, 4) is 0 Å². The number of hydrogen-bond acceptors (Lipinski definition) is 1. The van der Waals surface area contributed by atoms with Gasteiger partial charge in [0.25, 0.3) is 0 Å². The number of benzene rings is 1. The molecule has 0 amide bonds. The van der Waals surface area contributed by atoms with Crippen LogP contribution >= 0.6 is 11.6 Å². The zero-order valence-corrected chi connectivity index (χ0v) is 12.3. The minimum absolute atomic E-state index is 0.734. The average Bonchev–Trinajstić information content (AvgIpc) is 2.85. The number of nitrogens with one attached hydrogen (secondary N) is 1. The van der Waals surface area contributed by atoms with Crippen LogP contribution in [0.2, 0.25) is 5.02 Å². The molecule has 0 aliphatic heterocycles. The fourth-order valence-corrected chi connectivity index (χ4v) is 3.51. The predicted molar refractivity (Wildman–Crippen MR) is 79.3 cm³/mol. The minimum atomic E-state index is 0.734. The van der Waals surface area contributed by atoms with Gasteiger partial charge in [-0.2, -0.15) is 0 Å². The zero-order valence-electron chi connectivity index (χ0n) is 11.5. The fraction of sp³-hybridized carbons (Fsp3) is 0.625. The van der Waals surface area contributed by atoms with E-state index in [4.69, 9.17) is 11.6 Å². The minimum Gasteiger partial charge on any atom is -0.319 e. The third-order valence-electron chi connectivity index (χ3n) is 4.22. The lowest BCUT2D eigenvalue weighted by Crippen LogP contribution is -2.26. The van der Waals surface area contributed by atoms with Crippen LogP contribution in [0.3, 0.4) is 0 Å². The Balaban J connectivity index is 2.07. The molecule has 1 aliphatic rings. The standard InChI is InChI=1S/C16H24ClN/c1-12-7-8-14(16(17)9-12)10-15(11-18-2)13-5-3-4-6-13/h7-9,13,15,18H,3-6,10-11H2,1-2H3. The monoisotopic (exact) mass is 265 g/mol. The highest BCUT2D eigenvalue weighted by molar-refractivity contribution is 6.31. The summed E-state index contributed by atoms with van der Waals surface area (Å²) < 4.78 is 0. The summed E-state index contributed by atoms with van der Waals surface area (Å²) in [7, 11) is 2.05. The summed E-state index contributed by atoms with van der Waals surface area (Å²) in [6.45, 7) is 3.20. The van der Waals surface area contributed by atoms with Crippen molar-refractivity contribution in [2.45, 2.75) is 39.0 Å². The molecule has 1 N–H and O–H groups in total. The lowest BCUT2D eigenvalue weighted by Gasteiger charge is -2.23. The molecule has 1 unspecified atom stereocenters. The summed E-state index contributed by atoms with van der Waals surface area (Å²) in [4.78, 5) is 0. The second-order valence-corrected chi connectivity index (χ2v) is 6.07. The molecule has 0 aromatic heterocycles. The molecule has 1 aromatic carbocycles. The number of hydrogen-bond donors (Lipinski definition) is 1. The van der Waals surface area contributed by atoms with E-state index in [1.165, 1.54) is 36.8 Å². The van der Waals surface area contributed by atoms with Gasteiger partial charge in [-0.05, 0) is 56.0 Å². The van der Waals surface area contributed by atoms with Gasteiger partial charge in [-0.1, -0.05) is 49.4 Å². The highest BCUT2D eigenvalue weighted by Crippen LogP contribution is 2.34. The maximum absolute atomic E-state index is 6.36. The second kappa shape index (κ2) is 6.58. The molecule has 1 aromatic rings. The molecule has 1 saturated carbocycles. The van der Waals surface area contributed by atoms with Crippen LogP contribution in [-0.4, -0.2) is 13.6 Å². The van der Waals surface area contributed by atoms with E-state index in [-0.39, 0.29) is 0 Å². The Hall–Kier alpha value is -0.530. The summed E-state index contributed by atoms with van der Waals surface area (Å²) >= 11 is 6.36. The van der Waals surface area contributed by atoms with Gasteiger partial charge in [-0.25, -0.2) is 0 Å². The van der Waals surface area contributed by atoms with Crippen molar-refractivity contribution >= 4 is 11.6 Å². The summed E-state index contributed by atoms with van der Waals surface area (Å²) in [6, 6.07) is 6.46. The van der Waals surface area contributed by atoms with Crippen molar-refractivity contribution < 1.29 is 0 Å². The smallest absolute Gasteiger partial charge is 0.0440 e. The van der Waals surface area contributed by atoms with Crippen LogP contribution in [0.4, 0.5) is 0 Å². The van der Waals surface area contributed by atoms with Crippen molar-refractivity contribution in [3.05, 3.63) is 34.3 Å². The molecule has 0 spiro atoms. The molecule has 1 fully saturated rings. The van der Waals surface area contributed by atoms with E-state index in [0.717, 1.165) is 29.8 Å². The molecular weight excluding hydrogens is 242 g/mol. The van der Waals surface area contributed by atoms with Crippen LogP contribution in [-0.2, 0) is 6.42 Å². The van der Waals surface area contributed by atoms with Gasteiger partial charge in [0.1, 0.15) is 0 Å². The molecule has 2 heteroatoms. The Bertz CT molecular complexity index is 383. The Morgan fingerprint density at radius 2 is 2.06 bits per heavy atom. The summed E-state index contributed by atoms with van der Waals surface area (Å²) in [5.74, 6) is 1.62. The highest BCUT2D eigenvalue weighted by Gasteiger charge is 2.25. The van der Waals surface area contributed by atoms with E-state index in [2.05, 4.69) is 37.5 Å². The van der Waals surface area contributed by atoms with Crippen LogP contribution in [0.15, 0.2) is 18.2 Å². The predicted octanol–water partition coefficient (Wildman–Crippen LogP) is 4.22. The van der Waals surface area contributed by atoms with Gasteiger partial charge in [0.15, 0.2) is 0 Å². The van der Waals surface area contributed by atoms with Crippen molar-refractivity contribution in [1.29, 1.82) is 0 Å². The van der Waals surface area contributed by atoms with Crippen molar-refractivity contribution in [1.82, 2.24) is 5.32 Å². The number of aryl methyl sites for hydroxylation is 1. The second-order valence-electron chi connectivity index (χ2n) is 5.66. The van der Waals surface area contributed by atoms with Gasteiger partial charge in [0, 0.05) is 5.02 Å². The van der Waals surface area contributed by atoms with Gasteiger partial charge < -0.3 is 5.32 Å². The van der Waals surface area contributed by atoms with Crippen LogP contribution in [0.25, 0.3) is 0 Å². The number of halogens is 1. The molecule has 1 nitrogen and oxygen atoms in total. The molecule has 1 atom stereocenters. The Morgan fingerprint density at radius 1 is 1.33 bits per heavy atom. The fourth-order valence-electron chi connectivity index (χ4n) is 3.20. The van der Waals surface area contributed by atoms with E-state index < -0.39 is 0 Å². The molecule has 0 bridgehead atoms. The topological polar surface area (TPSA) is 12.0 Å². The molecule has 18 heavy (non-hydrogen) atoms. The van der Waals surface area contributed by atoms with Crippen molar-refractivity contribution in [2.24, 2.45) is 11.8 Å². The van der Waals surface area contributed by atoms with Crippen molar-refractivity contribution in [3.63, 3.8) is 0 Å². The molecule has 0 heterocycles. The van der Waals surface area contributed by atoms with Crippen LogP contribution in [0.5, 0.6) is 0 Å². The van der Waals surface area contributed by atoms with Crippen LogP contribution < -0.4 is 5.32 Å². The lowest BCUT2D eigenvalue weighted by atomic mass is 9.85. The maximum atomic E-state index is 6.36. The lowest BCUT2D eigenvalue weighted by molar-refractivity contribution is 0.328. The maximum Gasteiger partial charge on any atom is 0.0440 e. The summed E-state index contributed by atoms with van der Waals surface area (Å²) in [6.07, 6.45) is 6.73. The molecule has 2 rings (SSSR count). The largest absolute Gasteiger partial charge is 0.319 e. The van der Waals surface area contributed by atoms with E-state index >= 15 is 0 Å². The zero-order chi connectivity index (χ0) is 13.0. The van der Waals surface area contributed by atoms with Gasteiger partial charge in [-0.15, -0.1) is 0 Å². The van der Waals surface area contributed by atoms with Crippen molar-refractivity contribution in [2.75, 3.05) is 13.6 Å². The van der Waals surface area contributed by atoms with E-state index in [9.17, 15) is 0 Å². The van der Waals surface area contributed by atoms with Gasteiger partial charge in [-0.3, -0.25) is 0 Å². The average molecular weight is 266 g/mol. The SMILES string of the molecule is CNCC(Cc1ccc(C)cc1Cl)C1CCCC1. The van der Waals surface area contributed by atoms with Crippen LogP contribution in [0, 0.1) is 18.8 Å². The first kappa shape index (κ1) is 13.9. The van der Waals surface area contributed by atoms with Crippen LogP contribution in [0.1, 0.15) is 36.8 Å². The Kier molecular flexibility index (Phi) is 5.08. The third kappa shape index (κ3) is 3.49. The first-order valence-electron chi connectivity index (χ1n) is 7.10. The van der Waals surface area contributed by atoms with E-state index in [1.54, 1.807) is 0 Å². The van der Waals surface area contributed by atoms with E-state index in [1.807, 2.05) is 0 Å². The van der Waals surface area contributed by atoms with Gasteiger partial charge in [0.2, 0.25) is 0 Å². The highest BCUT2D eigenvalue weighted by atomic mass is 35.5. The Morgan fingerprint density at radius 3 is 2.67 bits per heavy atom. The molecule has 100 valence electrons. The first-order valence-corrected chi connectivity index (χ1v) is 7.48. The Labute approximate surface area is 116 Å². The summed E-state index contributed by atoms with van der Waals surface area (Å²) in [5.41, 5.74) is 2.56. The molecular formula is C16H24ClN. The summed E-state index contributed by atoms with van der Waals surface area (Å²) in [5, 5.41) is 4.29. The molecule has 1 aliphatic carbocycles. The van der Waals surface area contributed by atoms with Gasteiger partial charge in [0.05, 0.1) is 0 Å². The van der Waals surface area contributed by atoms with Gasteiger partial charge >= 0.3 is 0 Å². The third-order valence-corrected chi connectivity index (χ3v) is 4.58. The quantitative estimate of drug-likeness (QED) is 0.841. The number of rotatable bonds is 5.